The van der Waals surface area contributed by atoms with Crippen LogP contribution in [0.4, 0.5) is 46.3 Å². The van der Waals surface area contributed by atoms with Crippen molar-refractivity contribution in [1.82, 2.24) is 24.8 Å². The van der Waals surface area contributed by atoms with E-state index in [1.807, 2.05) is 19.3 Å². The van der Waals surface area contributed by atoms with Crippen LogP contribution in [0.5, 0.6) is 0 Å². The summed E-state index contributed by atoms with van der Waals surface area (Å²) >= 11 is 3.51. The van der Waals surface area contributed by atoms with Gasteiger partial charge >= 0.3 is 0 Å². The molecule has 18 nitrogen and oxygen atoms in total. The number of hydrazone groups is 1. The van der Waals surface area contributed by atoms with Crippen molar-refractivity contribution in [1.29, 1.82) is 0 Å². The summed E-state index contributed by atoms with van der Waals surface area (Å²) in [5.74, 6) is 1.31. The van der Waals surface area contributed by atoms with Crippen molar-refractivity contribution in [3.63, 3.8) is 0 Å². The SMILES string of the molecule is Cc1ccc(S(=O)(=O)N/N=C2\CCCOC2)cc1.Nc1ncc(N2CCN(c3cccc(Br)c3)CC2)c(N)n1.Nc1ncc(N2CCN(c3cccc(C4=COCCC4)c3)CC2)c(N)n1. The second kappa shape index (κ2) is 22.0. The fourth-order valence-corrected chi connectivity index (χ4v) is 8.92. The molecule has 2 aromatic heterocycles. The number of piperazine rings is 2. The summed E-state index contributed by atoms with van der Waals surface area (Å²) in [6.45, 7) is 11.0. The van der Waals surface area contributed by atoms with Crippen LogP contribution in [0.1, 0.15) is 36.8 Å². The number of hydrogen-bond donors (Lipinski definition) is 5. The lowest BCUT2D eigenvalue weighted by molar-refractivity contribution is 0.154. The fraction of sp³-hybridized carbons (Fsp3) is 0.356. The summed E-state index contributed by atoms with van der Waals surface area (Å²) < 4.78 is 35.6. The number of allylic oxidation sites excluding steroid dienone is 1. The molecule has 0 saturated carbocycles. The van der Waals surface area contributed by atoms with Crippen molar-refractivity contribution in [2.24, 2.45) is 5.10 Å². The molecule has 3 fully saturated rings. The molecule has 0 unspecified atom stereocenters. The Balaban J connectivity index is 0.000000148. The Morgan fingerprint density at radius 3 is 1.77 bits per heavy atom. The van der Waals surface area contributed by atoms with Crippen molar-refractivity contribution in [3.8, 4) is 0 Å². The van der Waals surface area contributed by atoms with E-state index in [0.717, 1.165) is 112 Å². The van der Waals surface area contributed by atoms with Crippen LogP contribution < -0.4 is 47.4 Å². The molecule has 0 spiro atoms. The number of nitrogens with one attached hydrogen (secondary N) is 1. The monoisotopic (exact) mass is 968 g/mol. The summed E-state index contributed by atoms with van der Waals surface area (Å²) in [6, 6.07) is 23.7. The van der Waals surface area contributed by atoms with Gasteiger partial charge in [-0.3, -0.25) is 0 Å². The van der Waals surface area contributed by atoms with E-state index in [0.29, 0.717) is 24.8 Å². The molecule has 9 N–H and O–H groups in total. The van der Waals surface area contributed by atoms with E-state index in [2.05, 4.69) is 108 Å². The number of aryl methyl sites for hydroxylation is 1. The Morgan fingerprint density at radius 2 is 1.25 bits per heavy atom. The molecule has 0 atom stereocenters. The zero-order valence-corrected chi connectivity index (χ0v) is 38.9. The number of aromatic nitrogens is 4. The van der Waals surface area contributed by atoms with Crippen molar-refractivity contribution in [3.05, 3.63) is 107 Å². The second-order valence-electron chi connectivity index (χ2n) is 15.8. The first-order valence-electron chi connectivity index (χ1n) is 21.6. The Labute approximate surface area is 388 Å². The van der Waals surface area contributed by atoms with Crippen LogP contribution in [-0.4, -0.2) is 106 Å². The normalized spacial score (nSPS) is 17.2. The van der Waals surface area contributed by atoms with Crippen LogP contribution in [0.15, 0.2) is 106 Å². The molecule has 4 aliphatic rings. The Morgan fingerprint density at radius 1 is 0.692 bits per heavy atom. The van der Waals surface area contributed by atoms with Crippen LogP contribution >= 0.6 is 15.9 Å². The van der Waals surface area contributed by atoms with Crippen LogP contribution in [0.3, 0.4) is 0 Å². The Bertz CT molecular complexity index is 2540. The number of rotatable bonds is 8. The van der Waals surface area contributed by atoms with Crippen LogP contribution in [0.25, 0.3) is 5.57 Å². The van der Waals surface area contributed by atoms with E-state index >= 15 is 0 Å². The van der Waals surface area contributed by atoms with Gasteiger partial charge in [0.2, 0.25) is 11.9 Å². The van der Waals surface area contributed by atoms with Gasteiger partial charge in [-0.25, -0.2) is 14.8 Å². The van der Waals surface area contributed by atoms with E-state index in [1.54, 1.807) is 36.7 Å². The predicted molar refractivity (Wildman–Crippen MR) is 263 cm³/mol. The molecule has 6 heterocycles. The predicted octanol–water partition coefficient (Wildman–Crippen LogP) is 5.29. The number of nitrogens with two attached hydrogens (primary N) is 4. The first kappa shape index (κ1) is 46.6. The molecule has 20 heteroatoms. The number of halogens is 1. The van der Waals surface area contributed by atoms with Crippen LogP contribution in [-0.2, 0) is 19.5 Å². The van der Waals surface area contributed by atoms with E-state index in [9.17, 15) is 8.42 Å². The van der Waals surface area contributed by atoms with Crippen molar-refractivity contribution in [2.45, 2.75) is 37.5 Å². The summed E-state index contributed by atoms with van der Waals surface area (Å²) in [5, 5.41) is 3.91. The fourth-order valence-electron chi connectivity index (χ4n) is 7.68. The molecule has 65 heavy (non-hydrogen) atoms. The molecule has 5 aromatic rings. The van der Waals surface area contributed by atoms with Gasteiger partial charge in [-0.05, 0) is 86.2 Å². The van der Waals surface area contributed by atoms with Gasteiger partial charge in [0.25, 0.3) is 10.0 Å². The highest BCUT2D eigenvalue weighted by molar-refractivity contribution is 9.10. The first-order chi connectivity index (χ1) is 31.4. The quantitative estimate of drug-likeness (QED) is 0.124. The molecular formula is C45H57BrN14O4S. The molecule has 3 saturated heterocycles. The third-order valence-electron chi connectivity index (χ3n) is 11.2. The number of ether oxygens (including phenoxy) is 2. The summed E-state index contributed by atoms with van der Waals surface area (Å²) in [7, 11) is -3.57. The highest BCUT2D eigenvalue weighted by Gasteiger charge is 2.22. The lowest BCUT2D eigenvalue weighted by atomic mass is 10.0. The van der Waals surface area contributed by atoms with Gasteiger partial charge in [0, 0.05) is 74.8 Å². The zero-order valence-electron chi connectivity index (χ0n) is 36.5. The molecule has 0 amide bonds. The lowest BCUT2D eigenvalue weighted by Gasteiger charge is -2.37. The number of benzene rings is 3. The van der Waals surface area contributed by atoms with E-state index in [1.165, 1.54) is 22.5 Å². The number of nitrogen functional groups attached to an aromatic ring is 4. The highest BCUT2D eigenvalue weighted by Crippen LogP contribution is 2.29. The van der Waals surface area contributed by atoms with Crippen LogP contribution in [0.2, 0.25) is 0 Å². The van der Waals surface area contributed by atoms with Crippen molar-refractivity contribution < 1.29 is 17.9 Å². The minimum absolute atomic E-state index is 0.211. The Kier molecular flexibility index (Phi) is 15.8. The summed E-state index contributed by atoms with van der Waals surface area (Å²) in [4.78, 5) is 27.8. The van der Waals surface area contributed by atoms with Gasteiger partial charge in [0.05, 0.1) is 53.9 Å². The molecule has 4 aliphatic heterocycles. The third kappa shape index (κ3) is 12.9. The Hall–Kier alpha value is -6.38. The molecular weight excluding hydrogens is 913 g/mol. The first-order valence-corrected chi connectivity index (χ1v) is 23.8. The van der Waals surface area contributed by atoms with Crippen LogP contribution in [0, 0.1) is 6.92 Å². The van der Waals surface area contributed by atoms with Gasteiger partial charge in [0.15, 0.2) is 11.6 Å². The molecule has 9 rings (SSSR count). The molecule has 3 aromatic carbocycles. The van der Waals surface area contributed by atoms with E-state index < -0.39 is 10.0 Å². The standard InChI is InChI=1S/C19H24N6O.C14H17BrN6.C12H16N2O3S/c20-18-17(12-22-19(21)23-18)25-8-6-24(7-9-25)16-5-1-3-14(11-16)15-4-2-10-26-13-15;15-10-2-1-3-11(8-10)20-4-6-21(7-5-20)12-9-18-14(17)19-13(12)16;1-10-4-6-12(7-5-10)18(15,16)14-13-11-3-2-8-17-9-11/h1,3,5,11-13H,2,4,6-10H2,(H4,20,21,22,23);1-3,8-9H,4-7H2,(H4,16,17,18,19);4-7,14H,2-3,8-9H2,1H3/b;;13-11+. The average Bonchev–Trinajstić information content (AvgIpc) is 3.32. The lowest BCUT2D eigenvalue weighted by Crippen LogP contribution is -2.46. The summed E-state index contributed by atoms with van der Waals surface area (Å²) in [5.41, 5.74) is 31.5. The molecule has 0 bridgehead atoms. The highest BCUT2D eigenvalue weighted by atomic mass is 79.9. The second-order valence-corrected chi connectivity index (χ2v) is 18.4. The zero-order chi connectivity index (χ0) is 45.8. The molecule has 0 aliphatic carbocycles. The minimum Gasteiger partial charge on any atom is -0.501 e. The number of hydrogen-bond acceptors (Lipinski definition) is 17. The molecule has 344 valence electrons. The van der Waals surface area contributed by atoms with E-state index in [-0.39, 0.29) is 16.8 Å². The van der Waals surface area contributed by atoms with Crippen molar-refractivity contribution in [2.75, 3.05) is 115 Å². The smallest absolute Gasteiger partial charge is 0.276 e. The number of nitrogens with zero attached hydrogens (tertiary/aromatic N) is 9. The van der Waals surface area contributed by atoms with Gasteiger partial charge in [-0.2, -0.15) is 23.5 Å². The molecule has 0 radical (unpaired) electrons. The van der Waals surface area contributed by atoms with Gasteiger partial charge in [0.1, 0.15) is 0 Å². The maximum Gasteiger partial charge on any atom is 0.276 e. The maximum atomic E-state index is 11.9. The van der Waals surface area contributed by atoms with Gasteiger partial charge in [-0.15, -0.1) is 0 Å². The average molecular weight is 970 g/mol. The third-order valence-corrected chi connectivity index (χ3v) is 13.0. The number of sulfonamides is 1. The minimum atomic E-state index is -3.57. The topological polar surface area (TPSA) is 246 Å². The van der Waals surface area contributed by atoms with Crippen molar-refractivity contribution >= 4 is 83.5 Å². The number of anilines is 8. The van der Waals surface area contributed by atoms with E-state index in [4.69, 9.17) is 32.4 Å². The maximum absolute atomic E-state index is 11.9. The van der Waals surface area contributed by atoms with Gasteiger partial charge < -0.3 is 52.0 Å². The van der Waals surface area contributed by atoms with Gasteiger partial charge in [-0.1, -0.05) is 51.8 Å². The largest absolute Gasteiger partial charge is 0.501 e. The summed E-state index contributed by atoms with van der Waals surface area (Å²) in [6.07, 6.45) is 9.13.